The van der Waals surface area contributed by atoms with Crippen molar-refractivity contribution >= 4 is 57.1 Å². The van der Waals surface area contributed by atoms with E-state index in [1.54, 1.807) is 13.0 Å². The predicted molar refractivity (Wildman–Crippen MR) is 186 cm³/mol. The van der Waals surface area contributed by atoms with Crippen LogP contribution in [0.1, 0.15) is 69.0 Å². The van der Waals surface area contributed by atoms with E-state index in [0.717, 1.165) is 31.4 Å². The van der Waals surface area contributed by atoms with Gasteiger partial charge in [0.25, 0.3) is 0 Å². The van der Waals surface area contributed by atoms with Crippen LogP contribution >= 0.6 is 23.2 Å². The molecule has 278 valence electrons. The number of sulfonamides is 1. The molecule has 1 saturated carbocycles. The fourth-order valence-electron chi connectivity index (χ4n) is 4.30. The number of carbonyl (C=O) groups is 3. The van der Waals surface area contributed by atoms with Crippen molar-refractivity contribution in [3.05, 3.63) is 82.0 Å². The molecule has 2 aromatic rings. The highest BCUT2D eigenvalue weighted by Crippen LogP contribution is 2.39. The Morgan fingerprint density at radius 3 is 2.37 bits per heavy atom. The second-order valence-electron chi connectivity index (χ2n) is 12.2. The number of halogens is 4. The van der Waals surface area contributed by atoms with E-state index in [4.69, 9.17) is 42.1 Å². The first-order valence-corrected chi connectivity index (χ1v) is 18.0. The first-order valence-electron chi connectivity index (χ1n) is 15.4. The van der Waals surface area contributed by atoms with Crippen molar-refractivity contribution in [3.63, 3.8) is 0 Å². The van der Waals surface area contributed by atoms with Crippen molar-refractivity contribution in [2.45, 2.75) is 65.3 Å². The molecule has 0 bridgehead atoms. The van der Waals surface area contributed by atoms with Crippen LogP contribution < -0.4 is 13.8 Å². The lowest BCUT2D eigenvalue weighted by atomic mass is 9.99. The highest BCUT2D eigenvalue weighted by Gasteiger charge is 2.32. The Labute approximate surface area is 305 Å². The number of amides is 1. The Bertz CT molecular complexity index is 1790. The molecule has 1 atom stereocenters. The standard InChI is InChI=1S/C34H38Cl2F2N2O10S/c1-7-24(35)23(25(36)8-2)17-27(21-11-12-26(49-32(37)38)28(15-21)46-18-20-9-10-20)48-30(41)19-47-31(42)22-13-14-39-29(16-22)40(51(6,44)45)33(43)50-34(3,4)5/h7-8,11-16,20,27,32H,1,9-10,17-19H2,2-6H3/b24-23+,25-8+/t27-/m0/s1. The Morgan fingerprint density at radius 2 is 1.80 bits per heavy atom. The largest absolute Gasteiger partial charge is 0.489 e. The topological polar surface area (TPSA) is 148 Å². The van der Waals surface area contributed by atoms with Gasteiger partial charge in [0.2, 0.25) is 10.0 Å². The average Bonchev–Trinajstić information content (AvgIpc) is 3.87. The summed E-state index contributed by atoms with van der Waals surface area (Å²) in [5.41, 5.74) is -0.677. The van der Waals surface area contributed by atoms with Gasteiger partial charge < -0.3 is 23.7 Å². The first kappa shape index (κ1) is 41.2. The van der Waals surface area contributed by atoms with Crippen molar-refractivity contribution in [3.8, 4) is 11.5 Å². The second-order valence-corrected chi connectivity index (χ2v) is 14.8. The number of pyridine rings is 1. The Morgan fingerprint density at radius 1 is 1.12 bits per heavy atom. The average molecular weight is 776 g/mol. The smallest absolute Gasteiger partial charge is 0.430 e. The molecule has 1 amide bonds. The molecule has 0 N–H and O–H groups in total. The summed E-state index contributed by atoms with van der Waals surface area (Å²) in [7, 11) is -4.26. The van der Waals surface area contributed by atoms with Crippen molar-refractivity contribution in [2.75, 3.05) is 23.8 Å². The van der Waals surface area contributed by atoms with Crippen molar-refractivity contribution in [2.24, 2.45) is 5.92 Å². The molecule has 51 heavy (non-hydrogen) atoms. The zero-order chi connectivity index (χ0) is 38.1. The molecule has 1 fully saturated rings. The number of rotatable bonds is 16. The minimum Gasteiger partial charge on any atom is -0.489 e. The maximum absolute atomic E-state index is 13.2. The molecule has 1 aromatic carbocycles. The van der Waals surface area contributed by atoms with Gasteiger partial charge >= 0.3 is 24.6 Å². The van der Waals surface area contributed by atoms with Crippen molar-refractivity contribution < 1.29 is 55.3 Å². The number of benzene rings is 1. The van der Waals surface area contributed by atoms with E-state index in [0.29, 0.717) is 5.57 Å². The third kappa shape index (κ3) is 12.8. The maximum Gasteiger partial charge on any atom is 0.430 e. The summed E-state index contributed by atoms with van der Waals surface area (Å²) in [6.07, 6.45) is 4.04. The monoisotopic (exact) mass is 774 g/mol. The summed E-state index contributed by atoms with van der Waals surface area (Å²) in [6.45, 7) is 6.14. The normalized spacial score (nSPS) is 14.6. The van der Waals surface area contributed by atoms with E-state index in [9.17, 15) is 31.6 Å². The van der Waals surface area contributed by atoms with Gasteiger partial charge in [-0.25, -0.2) is 27.8 Å². The summed E-state index contributed by atoms with van der Waals surface area (Å²) >= 11 is 12.8. The van der Waals surface area contributed by atoms with Gasteiger partial charge in [-0.3, -0.25) is 0 Å². The Hall–Kier alpha value is -4.21. The minimum absolute atomic E-state index is 0.00679. The fraction of sp³-hybridized carbons (Fsp3) is 0.412. The molecule has 12 nitrogen and oxygen atoms in total. The molecule has 0 spiro atoms. The second kappa shape index (κ2) is 17.8. The summed E-state index contributed by atoms with van der Waals surface area (Å²) in [5, 5.41) is 0.370. The van der Waals surface area contributed by atoms with E-state index in [1.165, 1.54) is 51.1 Å². The number of alkyl halides is 2. The lowest BCUT2D eigenvalue weighted by Crippen LogP contribution is -2.41. The van der Waals surface area contributed by atoms with E-state index in [1.807, 2.05) is 0 Å². The molecule has 0 radical (unpaired) electrons. The van der Waals surface area contributed by atoms with Crippen LogP contribution in [-0.2, 0) is 29.0 Å². The summed E-state index contributed by atoms with van der Waals surface area (Å²) in [4.78, 5) is 42.7. The van der Waals surface area contributed by atoms with E-state index in [-0.39, 0.29) is 55.9 Å². The van der Waals surface area contributed by atoms with E-state index >= 15 is 0 Å². The van der Waals surface area contributed by atoms with Gasteiger partial charge in [-0.2, -0.15) is 13.1 Å². The van der Waals surface area contributed by atoms with Crippen LogP contribution in [0.4, 0.5) is 19.4 Å². The van der Waals surface area contributed by atoms with Gasteiger partial charge in [0.15, 0.2) is 23.9 Å². The number of carbonyl (C=O) groups excluding carboxylic acids is 3. The van der Waals surface area contributed by atoms with Crippen LogP contribution in [-0.4, -0.2) is 63.1 Å². The number of aromatic nitrogens is 1. The maximum atomic E-state index is 13.2. The van der Waals surface area contributed by atoms with Crippen molar-refractivity contribution in [1.29, 1.82) is 0 Å². The number of hydrogen-bond acceptors (Lipinski definition) is 11. The van der Waals surface area contributed by atoms with E-state index < -0.39 is 58.8 Å². The fourth-order valence-corrected chi connectivity index (χ4v) is 5.46. The number of esters is 2. The van der Waals surface area contributed by atoms with Gasteiger partial charge in [0.05, 0.1) is 18.4 Å². The van der Waals surface area contributed by atoms with Gasteiger partial charge in [-0.05, 0) is 81.9 Å². The van der Waals surface area contributed by atoms with Crippen LogP contribution in [0.3, 0.4) is 0 Å². The lowest BCUT2D eigenvalue weighted by molar-refractivity contribution is -0.153. The van der Waals surface area contributed by atoms with Crippen LogP contribution in [0.15, 0.2) is 70.9 Å². The van der Waals surface area contributed by atoms with Crippen LogP contribution in [0.5, 0.6) is 11.5 Å². The molecule has 1 aliphatic rings. The first-order chi connectivity index (χ1) is 23.8. The Kier molecular flexibility index (Phi) is 14.4. The lowest BCUT2D eigenvalue weighted by Gasteiger charge is -2.25. The molecular weight excluding hydrogens is 737 g/mol. The number of hydrogen-bond donors (Lipinski definition) is 0. The molecule has 1 aromatic heterocycles. The zero-order valence-corrected chi connectivity index (χ0v) is 30.8. The summed E-state index contributed by atoms with van der Waals surface area (Å²) in [5.74, 6) is -2.53. The van der Waals surface area contributed by atoms with Crippen molar-refractivity contribution in [1.82, 2.24) is 4.98 Å². The highest BCUT2D eigenvalue weighted by molar-refractivity contribution is 7.92. The van der Waals surface area contributed by atoms with Gasteiger partial charge in [0.1, 0.15) is 11.7 Å². The molecule has 17 heteroatoms. The van der Waals surface area contributed by atoms with Gasteiger partial charge in [-0.1, -0.05) is 48.0 Å². The number of nitrogens with zero attached hydrogens (tertiary/aromatic N) is 2. The molecule has 1 heterocycles. The number of ether oxygens (including phenoxy) is 5. The molecule has 1 aliphatic carbocycles. The number of anilines is 1. The van der Waals surface area contributed by atoms with E-state index in [2.05, 4.69) is 16.3 Å². The minimum atomic E-state index is -4.26. The van der Waals surface area contributed by atoms with Crippen LogP contribution in [0.25, 0.3) is 0 Å². The third-order valence-electron chi connectivity index (χ3n) is 6.80. The number of allylic oxidation sites excluding steroid dienone is 4. The molecule has 0 saturated heterocycles. The zero-order valence-electron chi connectivity index (χ0n) is 28.5. The molecular formula is C34H38Cl2F2N2O10S. The molecule has 0 unspecified atom stereocenters. The van der Waals surface area contributed by atoms with Crippen LogP contribution in [0, 0.1) is 5.92 Å². The predicted octanol–water partition coefficient (Wildman–Crippen LogP) is 7.83. The van der Waals surface area contributed by atoms with Gasteiger partial charge in [0, 0.05) is 22.7 Å². The molecule has 0 aliphatic heterocycles. The quantitative estimate of drug-likeness (QED) is 0.0934. The Balaban J connectivity index is 1.88. The van der Waals surface area contributed by atoms with Gasteiger partial charge in [-0.15, -0.1) is 0 Å². The van der Waals surface area contributed by atoms with Crippen LogP contribution in [0.2, 0.25) is 0 Å². The molecule has 3 rings (SSSR count). The summed E-state index contributed by atoms with van der Waals surface area (Å²) in [6, 6.07) is 6.18. The highest BCUT2D eigenvalue weighted by atomic mass is 35.5. The summed E-state index contributed by atoms with van der Waals surface area (Å²) < 4.78 is 77.9. The SMILES string of the molecule is C=C/C(Cl)=C(C[C@H](OC(=O)COC(=O)c1ccnc(N(C(=O)OC(C)(C)C)S(C)(=O)=O)c1)c1ccc(OC(F)F)c(OCC2CC2)c1)\C(Cl)=C/C. The third-order valence-corrected chi connectivity index (χ3v) is 8.63.